The molecule has 1 fully saturated rings. The second-order valence-electron chi connectivity index (χ2n) is 8.45. The number of pyridine rings is 1. The van der Waals surface area contributed by atoms with E-state index in [-0.39, 0.29) is 35.0 Å². The summed E-state index contributed by atoms with van der Waals surface area (Å²) in [6.45, 7) is 1.99. The van der Waals surface area contributed by atoms with E-state index in [1.54, 1.807) is 0 Å². The predicted molar refractivity (Wildman–Crippen MR) is 120 cm³/mol. The summed E-state index contributed by atoms with van der Waals surface area (Å²) in [5.41, 5.74) is 2.32. The molecular formula is C24H19F3N6O2. The highest BCUT2D eigenvalue weighted by Crippen LogP contribution is 2.48. The van der Waals surface area contributed by atoms with E-state index in [4.69, 9.17) is 0 Å². The van der Waals surface area contributed by atoms with Gasteiger partial charge in [-0.3, -0.25) is 9.78 Å². The average Bonchev–Trinajstić information content (AvgIpc) is 3.45. The van der Waals surface area contributed by atoms with E-state index in [2.05, 4.69) is 37.0 Å². The monoisotopic (exact) mass is 480 g/mol. The van der Waals surface area contributed by atoms with Gasteiger partial charge in [-0.2, -0.15) is 13.2 Å². The van der Waals surface area contributed by atoms with Crippen LogP contribution < -0.4 is 5.32 Å². The van der Waals surface area contributed by atoms with Gasteiger partial charge in [-0.1, -0.05) is 35.9 Å². The lowest BCUT2D eigenvalue weighted by Crippen LogP contribution is -2.15. The number of hydrogen-bond acceptors (Lipinski definition) is 6. The number of carbonyl (C=O) groups is 1. The van der Waals surface area contributed by atoms with Gasteiger partial charge in [-0.25, -0.2) is 5.10 Å². The topological polar surface area (TPSA) is 117 Å². The fourth-order valence-corrected chi connectivity index (χ4v) is 4.10. The molecule has 2 aromatic carbocycles. The standard InChI is InChI=1S/C24H19F3N6O2/c1-12-3-2-4-13(7-12)15-8-18(15)23(35)29-19-9-17(22-30-32-33-31-22)16(10-20(19)34)14-5-6-21(28-11-14)24(25,26)27/h2-7,9-11,15,18,34H,8H2,1H3,(H,29,35)(H,30,31,32,33). The van der Waals surface area contributed by atoms with Crippen molar-refractivity contribution in [1.29, 1.82) is 0 Å². The number of H-pyrrole nitrogens is 1. The first kappa shape index (κ1) is 22.5. The molecule has 8 nitrogen and oxygen atoms in total. The van der Waals surface area contributed by atoms with Crippen LogP contribution in [0.2, 0.25) is 0 Å². The third kappa shape index (κ3) is 4.57. The summed E-state index contributed by atoms with van der Waals surface area (Å²) in [6, 6.07) is 12.9. The highest BCUT2D eigenvalue weighted by molar-refractivity contribution is 5.98. The quantitative estimate of drug-likeness (QED) is 0.357. The number of rotatable bonds is 5. The summed E-state index contributed by atoms with van der Waals surface area (Å²) in [5.74, 6) is -0.410. The van der Waals surface area contributed by atoms with E-state index in [9.17, 15) is 23.1 Å². The zero-order valence-corrected chi connectivity index (χ0v) is 18.3. The Hall–Kier alpha value is -4.28. The molecule has 0 bridgehead atoms. The van der Waals surface area contributed by atoms with Crippen molar-refractivity contribution in [1.82, 2.24) is 25.6 Å². The minimum atomic E-state index is -4.58. The summed E-state index contributed by atoms with van der Waals surface area (Å²) in [4.78, 5) is 16.4. The molecule has 35 heavy (non-hydrogen) atoms. The molecule has 1 aliphatic rings. The Morgan fingerprint density at radius 3 is 2.63 bits per heavy atom. The molecule has 3 N–H and O–H groups in total. The van der Waals surface area contributed by atoms with E-state index in [1.165, 1.54) is 18.2 Å². The first-order valence-electron chi connectivity index (χ1n) is 10.7. The average molecular weight is 480 g/mol. The normalized spacial score (nSPS) is 17.3. The number of benzene rings is 2. The molecule has 4 aromatic rings. The number of carbonyl (C=O) groups excluding carboxylic acids is 1. The number of phenolic OH excluding ortho intramolecular Hbond substituents is 1. The minimum Gasteiger partial charge on any atom is -0.506 e. The molecular weight excluding hydrogens is 461 g/mol. The molecule has 2 aromatic heterocycles. The number of anilines is 1. The van der Waals surface area contributed by atoms with Gasteiger partial charge < -0.3 is 10.4 Å². The van der Waals surface area contributed by atoms with Gasteiger partial charge in [0.05, 0.1) is 5.69 Å². The molecule has 0 radical (unpaired) electrons. The molecule has 11 heteroatoms. The summed E-state index contributed by atoms with van der Waals surface area (Å²) < 4.78 is 38.7. The number of alkyl halides is 3. The Morgan fingerprint density at radius 2 is 1.97 bits per heavy atom. The van der Waals surface area contributed by atoms with E-state index < -0.39 is 11.9 Å². The van der Waals surface area contributed by atoms with Crippen LogP contribution in [0.1, 0.15) is 29.2 Å². The Kier molecular flexibility index (Phi) is 5.46. The fourth-order valence-electron chi connectivity index (χ4n) is 4.10. The summed E-state index contributed by atoms with van der Waals surface area (Å²) in [6.07, 6.45) is -2.82. The maximum atomic E-state index is 12.9. The molecule has 0 saturated heterocycles. The number of nitrogens with one attached hydrogen (secondary N) is 2. The third-order valence-electron chi connectivity index (χ3n) is 5.96. The first-order valence-corrected chi connectivity index (χ1v) is 10.7. The number of tetrazole rings is 1. The van der Waals surface area contributed by atoms with Crippen LogP contribution in [0.15, 0.2) is 54.7 Å². The highest BCUT2D eigenvalue weighted by atomic mass is 19.4. The lowest BCUT2D eigenvalue weighted by Gasteiger charge is -2.14. The first-order chi connectivity index (χ1) is 16.7. The maximum absolute atomic E-state index is 12.9. The van der Waals surface area contributed by atoms with Crippen LogP contribution in [0.25, 0.3) is 22.5 Å². The van der Waals surface area contributed by atoms with Crippen LogP contribution in [0.4, 0.5) is 18.9 Å². The van der Waals surface area contributed by atoms with Crippen LogP contribution in [0, 0.1) is 12.8 Å². The van der Waals surface area contributed by atoms with Crippen molar-refractivity contribution in [3.63, 3.8) is 0 Å². The summed E-state index contributed by atoms with van der Waals surface area (Å²) in [7, 11) is 0. The number of aromatic hydroxyl groups is 1. The molecule has 0 spiro atoms. The van der Waals surface area contributed by atoms with Crippen LogP contribution in [0.3, 0.4) is 0 Å². The molecule has 1 amide bonds. The number of aromatic nitrogens is 5. The van der Waals surface area contributed by atoms with Gasteiger partial charge in [0.1, 0.15) is 11.4 Å². The number of nitrogens with zero attached hydrogens (tertiary/aromatic N) is 4. The maximum Gasteiger partial charge on any atom is 0.433 e. The van der Waals surface area contributed by atoms with Crippen LogP contribution >= 0.6 is 0 Å². The van der Waals surface area contributed by atoms with Crippen molar-refractivity contribution < 1.29 is 23.1 Å². The summed E-state index contributed by atoms with van der Waals surface area (Å²) in [5, 5.41) is 27.0. The van der Waals surface area contributed by atoms with Gasteiger partial charge in [0.15, 0.2) is 5.82 Å². The number of hydrogen-bond donors (Lipinski definition) is 3. The van der Waals surface area contributed by atoms with Crippen molar-refractivity contribution in [2.24, 2.45) is 5.92 Å². The molecule has 1 aliphatic carbocycles. The highest BCUT2D eigenvalue weighted by Gasteiger charge is 2.44. The second kappa shape index (κ2) is 8.49. The zero-order valence-electron chi connectivity index (χ0n) is 18.3. The number of halogens is 3. The number of aryl methyl sites for hydroxylation is 1. The lowest BCUT2D eigenvalue weighted by molar-refractivity contribution is -0.141. The molecule has 5 rings (SSSR count). The van der Waals surface area contributed by atoms with Gasteiger partial charge in [-0.15, -0.1) is 5.10 Å². The Morgan fingerprint density at radius 1 is 1.14 bits per heavy atom. The van der Waals surface area contributed by atoms with Gasteiger partial charge in [0, 0.05) is 23.2 Å². The number of amides is 1. The molecule has 2 atom stereocenters. The Balaban J connectivity index is 1.44. The number of aromatic amines is 1. The van der Waals surface area contributed by atoms with Crippen molar-refractivity contribution in [2.45, 2.75) is 25.4 Å². The zero-order chi connectivity index (χ0) is 24.7. The van der Waals surface area contributed by atoms with Crippen molar-refractivity contribution in [3.05, 3.63) is 71.5 Å². The SMILES string of the molecule is Cc1cccc(C2CC2C(=O)Nc2cc(-c3nnn[nH]3)c(-c3ccc(C(F)(F)F)nc3)cc2O)c1. The summed E-state index contributed by atoms with van der Waals surface area (Å²) >= 11 is 0. The third-order valence-corrected chi connectivity index (χ3v) is 5.96. The Bertz CT molecular complexity index is 1390. The molecule has 178 valence electrons. The van der Waals surface area contributed by atoms with Crippen LogP contribution in [0.5, 0.6) is 5.75 Å². The molecule has 0 aliphatic heterocycles. The van der Waals surface area contributed by atoms with Gasteiger partial charge in [0.25, 0.3) is 0 Å². The molecule has 2 unspecified atom stereocenters. The Labute approximate surface area is 197 Å². The van der Waals surface area contributed by atoms with Crippen molar-refractivity contribution >= 4 is 11.6 Å². The minimum absolute atomic E-state index is 0.104. The predicted octanol–water partition coefficient (Wildman–Crippen LogP) is 4.70. The van der Waals surface area contributed by atoms with Crippen molar-refractivity contribution in [3.8, 4) is 28.3 Å². The molecule has 2 heterocycles. The smallest absolute Gasteiger partial charge is 0.433 e. The van der Waals surface area contributed by atoms with Gasteiger partial charge >= 0.3 is 6.18 Å². The van der Waals surface area contributed by atoms with Crippen LogP contribution in [-0.2, 0) is 11.0 Å². The van der Waals surface area contributed by atoms with E-state index in [1.807, 2.05) is 25.1 Å². The van der Waals surface area contributed by atoms with E-state index in [0.717, 1.165) is 23.4 Å². The largest absolute Gasteiger partial charge is 0.506 e. The molecule has 1 saturated carbocycles. The van der Waals surface area contributed by atoms with E-state index >= 15 is 0 Å². The fraction of sp³-hybridized carbons (Fsp3) is 0.208. The van der Waals surface area contributed by atoms with Gasteiger partial charge in [0.2, 0.25) is 5.91 Å². The lowest BCUT2D eigenvalue weighted by atomic mass is 9.98. The van der Waals surface area contributed by atoms with E-state index in [0.29, 0.717) is 23.1 Å². The number of phenols is 1. The van der Waals surface area contributed by atoms with Gasteiger partial charge in [-0.05, 0) is 59.0 Å². The van der Waals surface area contributed by atoms with Crippen molar-refractivity contribution in [2.75, 3.05) is 5.32 Å². The van der Waals surface area contributed by atoms with Crippen LogP contribution in [-0.4, -0.2) is 36.6 Å². The second-order valence-corrected chi connectivity index (χ2v) is 8.45.